The van der Waals surface area contributed by atoms with E-state index in [0.29, 0.717) is 0 Å². The van der Waals surface area contributed by atoms with E-state index in [9.17, 15) is 0 Å². The van der Waals surface area contributed by atoms with Gasteiger partial charge in [0.2, 0.25) is 0 Å². The first-order chi connectivity index (χ1) is 6.72. The van der Waals surface area contributed by atoms with Crippen LogP contribution in [0.4, 0.5) is 5.69 Å². The molecule has 0 saturated carbocycles. The monoisotopic (exact) mass is 188 g/mol. The minimum absolute atomic E-state index is 0.734. The van der Waals surface area contributed by atoms with E-state index < -0.39 is 0 Å². The molecule has 0 aliphatic carbocycles. The first kappa shape index (κ1) is 10.6. The molecule has 1 aromatic carbocycles. The van der Waals surface area contributed by atoms with E-state index in [1.807, 2.05) is 18.2 Å². The van der Waals surface area contributed by atoms with Gasteiger partial charge in [0, 0.05) is 18.8 Å². The Labute approximate surface area is 85.8 Å². The molecule has 2 heteroatoms. The largest absolute Gasteiger partial charge is 0.372 e. The third-order valence-electron chi connectivity index (χ3n) is 2.44. The van der Waals surface area contributed by atoms with Gasteiger partial charge in [-0.05, 0) is 38.5 Å². The number of nitrogens with zero attached hydrogens (tertiary/aromatic N) is 2. The van der Waals surface area contributed by atoms with Crippen LogP contribution in [0.1, 0.15) is 25.0 Å². The number of rotatable bonds is 3. The molecular formula is C12H16N2. The van der Waals surface area contributed by atoms with Crippen molar-refractivity contribution in [2.24, 2.45) is 0 Å². The second kappa shape index (κ2) is 4.66. The molecule has 1 rings (SSSR count). The van der Waals surface area contributed by atoms with Crippen LogP contribution in [0.15, 0.2) is 18.2 Å². The van der Waals surface area contributed by atoms with Gasteiger partial charge in [-0.3, -0.25) is 0 Å². The van der Waals surface area contributed by atoms with Gasteiger partial charge in [0.05, 0.1) is 11.6 Å². The molecule has 0 saturated heterocycles. The molecule has 0 radical (unpaired) electrons. The van der Waals surface area contributed by atoms with E-state index >= 15 is 0 Å². The molecule has 1 aromatic rings. The zero-order valence-electron chi connectivity index (χ0n) is 9.04. The molecule has 0 fully saturated rings. The molecule has 0 aliphatic rings. The van der Waals surface area contributed by atoms with Crippen molar-refractivity contribution in [3.63, 3.8) is 0 Å². The smallest absolute Gasteiger partial charge is 0.0992 e. The van der Waals surface area contributed by atoms with Crippen LogP contribution in [-0.2, 0) is 0 Å². The highest BCUT2D eigenvalue weighted by Crippen LogP contribution is 2.20. The fraction of sp³-hybridized carbons (Fsp3) is 0.417. The summed E-state index contributed by atoms with van der Waals surface area (Å²) >= 11 is 0. The van der Waals surface area contributed by atoms with Gasteiger partial charge < -0.3 is 4.90 Å². The lowest BCUT2D eigenvalue weighted by atomic mass is 10.1. The maximum atomic E-state index is 8.81. The van der Waals surface area contributed by atoms with E-state index in [-0.39, 0.29) is 0 Å². The second-order valence-electron chi connectivity index (χ2n) is 3.29. The number of benzene rings is 1. The van der Waals surface area contributed by atoms with Crippen molar-refractivity contribution in [1.82, 2.24) is 0 Å². The molecule has 0 bridgehead atoms. The number of aryl methyl sites for hydroxylation is 1. The standard InChI is InChI=1S/C12H16N2/c1-4-14(5-2)12-8-11(9-13)7-6-10(12)3/h6-8H,4-5H2,1-3H3. The Bertz CT molecular complexity index is 346. The molecule has 74 valence electrons. The zero-order chi connectivity index (χ0) is 10.6. The minimum atomic E-state index is 0.734. The highest BCUT2D eigenvalue weighted by Gasteiger charge is 2.05. The Morgan fingerprint density at radius 1 is 1.29 bits per heavy atom. The lowest BCUT2D eigenvalue weighted by Gasteiger charge is -2.23. The predicted molar refractivity (Wildman–Crippen MR) is 59.5 cm³/mol. The number of nitriles is 1. The van der Waals surface area contributed by atoms with Crippen LogP contribution >= 0.6 is 0 Å². The fourth-order valence-corrected chi connectivity index (χ4v) is 1.58. The average Bonchev–Trinajstić information content (AvgIpc) is 2.22. The Balaban J connectivity index is 3.12. The van der Waals surface area contributed by atoms with Gasteiger partial charge in [0.15, 0.2) is 0 Å². The van der Waals surface area contributed by atoms with Crippen molar-refractivity contribution >= 4 is 5.69 Å². The Morgan fingerprint density at radius 2 is 1.93 bits per heavy atom. The normalized spacial score (nSPS) is 9.57. The van der Waals surface area contributed by atoms with E-state index in [2.05, 4.69) is 31.7 Å². The van der Waals surface area contributed by atoms with E-state index in [1.165, 1.54) is 11.3 Å². The van der Waals surface area contributed by atoms with Crippen molar-refractivity contribution in [1.29, 1.82) is 5.26 Å². The molecule has 0 atom stereocenters. The summed E-state index contributed by atoms with van der Waals surface area (Å²) in [5, 5.41) is 8.81. The topological polar surface area (TPSA) is 27.0 Å². The van der Waals surface area contributed by atoms with Crippen molar-refractivity contribution in [2.45, 2.75) is 20.8 Å². The van der Waals surface area contributed by atoms with Crippen LogP contribution in [0.5, 0.6) is 0 Å². The Morgan fingerprint density at radius 3 is 2.43 bits per heavy atom. The van der Waals surface area contributed by atoms with Gasteiger partial charge >= 0.3 is 0 Å². The summed E-state index contributed by atoms with van der Waals surface area (Å²) in [6, 6.07) is 8.00. The van der Waals surface area contributed by atoms with E-state index in [0.717, 1.165) is 18.7 Å². The van der Waals surface area contributed by atoms with Crippen molar-refractivity contribution in [3.05, 3.63) is 29.3 Å². The van der Waals surface area contributed by atoms with Gasteiger partial charge in [0.25, 0.3) is 0 Å². The second-order valence-corrected chi connectivity index (χ2v) is 3.29. The zero-order valence-corrected chi connectivity index (χ0v) is 9.04. The number of hydrogen-bond donors (Lipinski definition) is 0. The Hall–Kier alpha value is -1.49. The quantitative estimate of drug-likeness (QED) is 0.729. The van der Waals surface area contributed by atoms with Gasteiger partial charge in [-0.1, -0.05) is 6.07 Å². The maximum absolute atomic E-state index is 8.81. The van der Waals surface area contributed by atoms with Gasteiger partial charge in [-0.2, -0.15) is 5.26 Å². The van der Waals surface area contributed by atoms with Gasteiger partial charge in [-0.25, -0.2) is 0 Å². The van der Waals surface area contributed by atoms with Gasteiger partial charge in [-0.15, -0.1) is 0 Å². The SMILES string of the molecule is CCN(CC)c1cc(C#N)ccc1C. The molecule has 2 nitrogen and oxygen atoms in total. The van der Waals surface area contributed by atoms with E-state index in [4.69, 9.17) is 5.26 Å². The summed E-state index contributed by atoms with van der Waals surface area (Å²) in [6.45, 7) is 8.29. The summed E-state index contributed by atoms with van der Waals surface area (Å²) in [4.78, 5) is 2.26. The van der Waals surface area contributed by atoms with Crippen LogP contribution in [0.2, 0.25) is 0 Å². The number of hydrogen-bond acceptors (Lipinski definition) is 2. The molecule has 0 heterocycles. The van der Waals surface area contributed by atoms with Crippen LogP contribution < -0.4 is 4.90 Å². The highest BCUT2D eigenvalue weighted by atomic mass is 15.1. The minimum Gasteiger partial charge on any atom is -0.372 e. The third-order valence-corrected chi connectivity index (χ3v) is 2.44. The summed E-state index contributed by atoms with van der Waals surface area (Å²) in [5.74, 6) is 0. The van der Waals surface area contributed by atoms with E-state index in [1.54, 1.807) is 0 Å². The fourth-order valence-electron chi connectivity index (χ4n) is 1.58. The van der Waals surface area contributed by atoms with Gasteiger partial charge in [0.1, 0.15) is 0 Å². The average molecular weight is 188 g/mol. The predicted octanol–water partition coefficient (Wildman–Crippen LogP) is 2.71. The summed E-state index contributed by atoms with van der Waals surface area (Å²) in [6.07, 6.45) is 0. The maximum Gasteiger partial charge on any atom is 0.0992 e. The van der Waals surface area contributed by atoms with Crippen molar-refractivity contribution in [3.8, 4) is 6.07 Å². The molecule has 0 N–H and O–H groups in total. The summed E-state index contributed by atoms with van der Waals surface area (Å²) in [5.41, 5.74) is 3.14. The molecular weight excluding hydrogens is 172 g/mol. The van der Waals surface area contributed by atoms with Crippen LogP contribution in [0.3, 0.4) is 0 Å². The highest BCUT2D eigenvalue weighted by molar-refractivity contribution is 5.57. The van der Waals surface area contributed by atoms with Crippen LogP contribution in [-0.4, -0.2) is 13.1 Å². The lowest BCUT2D eigenvalue weighted by Crippen LogP contribution is -2.22. The molecule has 0 aliphatic heterocycles. The van der Waals surface area contributed by atoms with Crippen molar-refractivity contribution < 1.29 is 0 Å². The number of anilines is 1. The van der Waals surface area contributed by atoms with Crippen LogP contribution in [0, 0.1) is 18.3 Å². The van der Waals surface area contributed by atoms with Crippen molar-refractivity contribution in [2.75, 3.05) is 18.0 Å². The molecule has 0 amide bonds. The lowest BCUT2D eigenvalue weighted by molar-refractivity contribution is 0.861. The first-order valence-corrected chi connectivity index (χ1v) is 4.98. The van der Waals surface area contributed by atoms with Crippen LogP contribution in [0.25, 0.3) is 0 Å². The molecule has 0 aromatic heterocycles. The summed E-state index contributed by atoms with van der Waals surface area (Å²) < 4.78 is 0. The molecule has 14 heavy (non-hydrogen) atoms. The molecule has 0 unspecified atom stereocenters. The first-order valence-electron chi connectivity index (χ1n) is 4.98. The third kappa shape index (κ3) is 2.05. The summed E-state index contributed by atoms with van der Waals surface area (Å²) in [7, 11) is 0. The Kier molecular flexibility index (Phi) is 3.53. The molecule has 0 spiro atoms.